The van der Waals surface area contributed by atoms with Gasteiger partial charge in [0.05, 0.1) is 0 Å². The summed E-state index contributed by atoms with van der Waals surface area (Å²) in [5.74, 6) is 0. The van der Waals surface area contributed by atoms with Gasteiger partial charge < -0.3 is 0 Å². The molecule has 0 amide bonds. The molecule has 0 unspecified atom stereocenters. The minimum Gasteiger partial charge on any atom is -0.0981 e. The first-order valence-corrected chi connectivity index (χ1v) is 8.31. The highest BCUT2D eigenvalue weighted by atomic mass is 35.5. The largest absolute Gasteiger partial charge is 0.0981 e. The van der Waals surface area contributed by atoms with Crippen LogP contribution in [0, 0.1) is 0 Å². The van der Waals surface area contributed by atoms with Gasteiger partial charge >= 0.3 is 0 Å². The maximum atomic E-state index is 5.88. The molecule has 0 heterocycles. The molecule has 0 nitrogen and oxygen atoms in total. The van der Waals surface area contributed by atoms with E-state index in [-0.39, 0.29) is 0 Å². The highest BCUT2D eigenvalue weighted by Gasteiger charge is 1.96. The molecule has 0 saturated heterocycles. The van der Waals surface area contributed by atoms with Crippen LogP contribution in [0.25, 0.3) is 17.2 Å². The van der Waals surface area contributed by atoms with E-state index in [1.54, 1.807) is 11.8 Å². The molecule has 108 valence electrons. The van der Waals surface area contributed by atoms with Crippen LogP contribution in [0.2, 0.25) is 5.02 Å². The first-order chi connectivity index (χ1) is 10.8. The summed E-state index contributed by atoms with van der Waals surface area (Å²) in [6, 6.07) is 26.9. The maximum absolute atomic E-state index is 5.88. The SMILES string of the molecule is Clc1ccc(S/C=C/c2ccc(-c3ccccc3)cc2)cc1. The van der Waals surface area contributed by atoms with Gasteiger partial charge in [-0.1, -0.05) is 78.0 Å². The molecular formula is C20H15ClS. The summed E-state index contributed by atoms with van der Waals surface area (Å²) in [6.07, 6.45) is 2.12. The van der Waals surface area contributed by atoms with Crippen LogP contribution in [0.1, 0.15) is 5.56 Å². The third kappa shape index (κ3) is 4.03. The van der Waals surface area contributed by atoms with Crippen molar-refractivity contribution in [1.29, 1.82) is 0 Å². The third-order valence-electron chi connectivity index (χ3n) is 3.30. The predicted molar refractivity (Wildman–Crippen MR) is 98.2 cm³/mol. The Labute approximate surface area is 140 Å². The van der Waals surface area contributed by atoms with Gasteiger partial charge in [0.2, 0.25) is 0 Å². The number of benzene rings is 3. The van der Waals surface area contributed by atoms with E-state index in [2.05, 4.69) is 60.0 Å². The fourth-order valence-electron chi connectivity index (χ4n) is 2.12. The van der Waals surface area contributed by atoms with Crippen LogP contribution >= 0.6 is 23.4 Å². The maximum Gasteiger partial charge on any atom is 0.0406 e. The lowest BCUT2D eigenvalue weighted by atomic mass is 10.0. The van der Waals surface area contributed by atoms with Crippen molar-refractivity contribution in [2.24, 2.45) is 0 Å². The second-order valence-electron chi connectivity index (χ2n) is 4.86. The zero-order chi connectivity index (χ0) is 15.2. The van der Waals surface area contributed by atoms with Crippen molar-refractivity contribution in [3.05, 3.63) is 94.9 Å². The molecule has 0 aliphatic heterocycles. The second-order valence-corrected chi connectivity index (χ2v) is 6.28. The molecule has 0 bridgehead atoms. The summed E-state index contributed by atoms with van der Waals surface area (Å²) >= 11 is 7.56. The van der Waals surface area contributed by atoms with Crippen molar-refractivity contribution >= 4 is 29.4 Å². The molecule has 0 fully saturated rings. The zero-order valence-corrected chi connectivity index (χ0v) is 13.5. The van der Waals surface area contributed by atoms with Gasteiger partial charge in [-0.2, -0.15) is 0 Å². The number of thioether (sulfide) groups is 1. The molecule has 3 rings (SSSR count). The van der Waals surface area contributed by atoms with E-state index in [0.717, 1.165) is 5.02 Å². The summed E-state index contributed by atoms with van der Waals surface area (Å²) in [7, 11) is 0. The Morgan fingerprint density at radius 1 is 0.682 bits per heavy atom. The van der Waals surface area contributed by atoms with E-state index >= 15 is 0 Å². The monoisotopic (exact) mass is 322 g/mol. The average Bonchev–Trinajstić information content (AvgIpc) is 2.58. The van der Waals surface area contributed by atoms with Gasteiger partial charge in [0, 0.05) is 9.92 Å². The molecule has 0 aromatic heterocycles. The zero-order valence-electron chi connectivity index (χ0n) is 11.9. The Balaban J connectivity index is 1.66. The molecule has 22 heavy (non-hydrogen) atoms. The minimum absolute atomic E-state index is 0.768. The van der Waals surface area contributed by atoms with Crippen LogP contribution in [0.4, 0.5) is 0 Å². The third-order valence-corrected chi connectivity index (χ3v) is 4.36. The van der Waals surface area contributed by atoms with Crippen LogP contribution < -0.4 is 0 Å². The standard InChI is InChI=1S/C20H15ClS/c21-19-10-12-20(13-11-19)22-15-14-16-6-8-18(9-7-16)17-4-2-1-3-5-17/h1-15H/b15-14+. The molecule has 0 spiro atoms. The van der Waals surface area contributed by atoms with Crippen LogP contribution in [-0.2, 0) is 0 Å². The smallest absolute Gasteiger partial charge is 0.0406 e. The lowest BCUT2D eigenvalue weighted by Gasteiger charge is -2.02. The Hall–Kier alpha value is -1.96. The first kappa shape index (κ1) is 15.0. The molecular weight excluding hydrogens is 308 g/mol. The molecule has 0 radical (unpaired) electrons. The number of hydrogen-bond acceptors (Lipinski definition) is 1. The molecule has 0 N–H and O–H groups in total. The van der Waals surface area contributed by atoms with E-state index in [1.807, 2.05) is 30.3 Å². The van der Waals surface area contributed by atoms with Crippen LogP contribution in [0.5, 0.6) is 0 Å². The fourth-order valence-corrected chi connectivity index (χ4v) is 2.92. The minimum atomic E-state index is 0.768. The van der Waals surface area contributed by atoms with E-state index < -0.39 is 0 Å². The van der Waals surface area contributed by atoms with Gasteiger partial charge in [-0.3, -0.25) is 0 Å². The summed E-state index contributed by atoms with van der Waals surface area (Å²) in [5.41, 5.74) is 3.68. The molecule has 0 aliphatic rings. The Bertz CT molecular complexity index is 744. The average molecular weight is 323 g/mol. The second kappa shape index (κ2) is 7.35. The van der Waals surface area contributed by atoms with Gasteiger partial charge in [-0.05, 0) is 52.4 Å². The van der Waals surface area contributed by atoms with Crippen molar-refractivity contribution in [1.82, 2.24) is 0 Å². The normalized spacial score (nSPS) is 11.0. The molecule has 3 aromatic carbocycles. The lowest BCUT2D eigenvalue weighted by Crippen LogP contribution is -1.77. The van der Waals surface area contributed by atoms with Crippen molar-refractivity contribution in [3.63, 3.8) is 0 Å². The van der Waals surface area contributed by atoms with Gasteiger partial charge in [-0.25, -0.2) is 0 Å². The van der Waals surface area contributed by atoms with E-state index in [1.165, 1.54) is 21.6 Å². The van der Waals surface area contributed by atoms with Crippen molar-refractivity contribution in [3.8, 4) is 11.1 Å². The highest BCUT2D eigenvalue weighted by Crippen LogP contribution is 2.23. The van der Waals surface area contributed by atoms with Crippen LogP contribution in [0.15, 0.2) is 89.2 Å². The molecule has 0 aliphatic carbocycles. The molecule has 2 heteroatoms. The lowest BCUT2D eigenvalue weighted by molar-refractivity contribution is 1.47. The molecule has 0 saturated carbocycles. The van der Waals surface area contributed by atoms with E-state index in [9.17, 15) is 0 Å². The van der Waals surface area contributed by atoms with Gasteiger partial charge in [-0.15, -0.1) is 0 Å². The van der Waals surface area contributed by atoms with Gasteiger partial charge in [0.1, 0.15) is 0 Å². The molecule has 3 aromatic rings. The number of rotatable bonds is 4. The van der Waals surface area contributed by atoms with Crippen molar-refractivity contribution in [2.75, 3.05) is 0 Å². The van der Waals surface area contributed by atoms with Crippen molar-refractivity contribution < 1.29 is 0 Å². The summed E-state index contributed by atoms with van der Waals surface area (Å²) in [5, 5.41) is 2.87. The topological polar surface area (TPSA) is 0 Å². The Morgan fingerprint density at radius 2 is 1.32 bits per heavy atom. The quantitative estimate of drug-likeness (QED) is 0.477. The Kier molecular flexibility index (Phi) is 4.99. The Morgan fingerprint density at radius 3 is 2.00 bits per heavy atom. The molecule has 0 atom stereocenters. The van der Waals surface area contributed by atoms with E-state index in [4.69, 9.17) is 11.6 Å². The first-order valence-electron chi connectivity index (χ1n) is 7.05. The summed E-state index contributed by atoms with van der Waals surface area (Å²) in [4.78, 5) is 1.18. The van der Waals surface area contributed by atoms with Gasteiger partial charge in [0.25, 0.3) is 0 Å². The van der Waals surface area contributed by atoms with Crippen molar-refractivity contribution in [2.45, 2.75) is 4.90 Å². The number of halogens is 1. The number of hydrogen-bond donors (Lipinski definition) is 0. The van der Waals surface area contributed by atoms with E-state index in [0.29, 0.717) is 0 Å². The fraction of sp³-hybridized carbons (Fsp3) is 0. The summed E-state index contributed by atoms with van der Waals surface area (Å²) in [6.45, 7) is 0. The van der Waals surface area contributed by atoms with Crippen LogP contribution in [0.3, 0.4) is 0 Å². The predicted octanol–water partition coefficient (Wildman–Crippen LogP) is 6.77. The van der Waals surface area contributed by atoms with Crippen LogP contribution in [-0.4, -0.2) is 0 Å². The van der Waals surface area contributed by atoms with Gasteiger partial charge in [0.15, 0.2) is 0 Å². The summed E-state index contributed by atoms with van der Waals surface area (Å²) < 4.78 is 0. The highest BCUT2D eigenvalue weighted by molar-refractivity contribution is 8.02.